The lowest BCUT2D eigenvalue weighted by Gasteiger charge is -2.03. The molecule has 0 unspecified atom stereocenters. The molecule has 2 aromatic rings. The molecule has 0 radical (unpaired) electrons. The normalized spacial score (nSPS) is 10.5. The number of nitrogens with zero attached hydrogens (tertiary/aromatic N) is 2. The van der Waals surface area contributed by atoms with Crippen LogP contribution in [0.25, 0.3) is 0 Å². The van der Waals surface area contributed by atoms with Crippen LogP contribution in [0.3, 0.4) is 0 Å². The van der Waals surface area contributed by atoms with Crippen molar-refractivity contribution in [2.45, 2.75) is 19.5 Å². The van der Waals surface area contributed by atoms with Gasteiger partial charge >= 0.3 is 0 Å². The highest BCUT2D eigenvalue weighted by Gasteiger charge is 1.94. The maximum Gasteiger partial charge on any atom is 0.0946 e. The molecule has 1 aromatic heterocycles. The first-order valence-corrected chi connectivity index (χ1v) is 5.12. The van der Waals surface area contributed by atoms with Crippen LogP contribution >= 0.6 is 0 Å². The monoisotopic (exact) mass is 201 g/mol. The topological polar surface area (TPSA) is 43.8 Å². The molecule has 0 aliphatic heterocycles. The lowest BCUT2D eigenvalue weighted by Crippen LogP contribution is -1.99. The maximum atomic E-state index is 5.54. The zero-order valence-electron chi connectivity index (χ0n) is 8.63. The van der Waals surface area contributed by atoms with E-state index in [0.717, 1.165) is 13.0 Å². The Balaban J connectivity index is 1.93. The van der Waals surface area contributed by atoms with Crippen molar-refractivity contribution in [3.05, 3.63) is 54.1 Å². The third-order valence-corrected chi connectivity index (χ3v) is 2.48. The molecular weight excluding hydrogens is 186 g/mol. The van der Waals surface area contributed by atoms with E-state index < -0.39 is 0 Å². The van der Waals surface area contributed by atoms with Gasteiger partial charge in [-0.3, -0.25) is 0 Å². The summed E-state index contributed by atoms with van der Waals surface area (Å²) in [5.74, 6) is 0. The SMILES string of the molecule is NCc1ccc(CCn2ccnc2)cc1. The van der Waals surface area contributed by atoms with E-state index >= 15 is 0 Å². The van der Waals surface area contributed by atoms with Gasteiger partial charge in [-0.2, -0.15) is 0 Å². The Hall–Kier alpha value is -1.61. The first-order chi connectivity index (χ1) is 7.38. The van der Waals surface area contributed by atoms with E-state index in [1.807, 2.05) is 12.5 Å². The molecule has 3 nitrogen and oxygen atoms in total. The fraction of sp³-hybridized carbons (Fsp3) is 0.250. The van der Waals surface area contributed by atoms with E-state index in [1.54, 1.807) is 6.20 Å². The predicted molar refractivity (Wildman–Crippen MR) is 60.3 cm³/mol. The van der Waals surface area contributed by atoms with Crippen molar-refractivity contribution in [2.75, 3.05) is 0 Å². The second-order valence-electron chi connectivity index (χ2n) is 3.57. The number of aromatic nitrogens is 2. The van der Waals surface area contributed by atoms with Crippen LogP contribution in [0.5, 0.6) is 0 Å². The van der Waals surface area contributed by atoms with Crippen molar-refractivity contribution < 1.29 is 0 Å². The average molecular weight is 201 g/mol. The fourth-order valence-electron chi connectivity index (χ4n) is 1.52. The minimum atomic E-state index is 0.613. The molecule has 2 rings (SSSR count). The van der Waals surface area contributed by atoms with Crippen LogP contribution in [0, 0.1) is 0 Å². The Labute approximate surface area is 89.6 Å². The number of benzene rings is 1. The smallest absolute Gasteiger partial charge is 0.0946 e. The van der Waals surface area contributed by atoms with Crippen molar-refractivity contribution in [3.8, 4) is 0 Å². The number of imidazole rings is 1. The van der Waals surface area contributed by atoms with Gasteiger partial charge in [0.05, 0.1) is 6.33 Å². The molecule has 0 bridgehead atoms. The number of hydrogen-bond acceptors (Lipinski definition) is 2. The van der Waals surface area contributed by atoms with Gasteiger partial charge in [0.1, 0.15) is 0 Å². The average Bonchev–Trinajstić information content (AvgIpc) is 2.80. The Kier molecular flexibility index (Phi) is 3.15. The van der Waals surface area contributed by atoms with Crippen molar-refractivity contribution >= 4 is 0 Å². The molecule has 2 N–H and O–H groups in total. The number of nitrogens with two attached hydrogens (primary N) is 1. The van der Waals surface area contributed by atoms with Gasteiger partial charge in [-0.25, -0.2) is 4.98 Å². The first kappa shape index (κ1) is 9.93. The van der Waals surface area contributed by atoms with Crippen LogP contribution in [0.1, 0.15) is 11.1 Å². The molecule has 78 valence electrons. The highest BCUT2D eigenvalue weighted by Crippen LogP contribution is 2.05. The summed E-state index contributed by atoms with van der Waals surface area (Å²) in [6, 6.07) is 8.45. The van der Waals surface area contributed by atoms with Crippen LogP contribution in [0.15, 0.2) is 43.0 Å². The Morgan fingerprint density at radius 1 is 1.13 bits per heavy atom. The van der Waals surface area contributed by atoms with Crippen LogP contribution in [-0.4, -0.2) is 9.55 Å². The van der Waals surface area contributed by atoms with E-state index in [-0.39, 0.29) is 0 Å². The van der Waals surface area contributed by atoms with E-state index in [9.17, 15) is 0 Å². The van der Waals surface area contributed by atoms with Crippen molar-refractivity contribution in [3.63, 3.8) is 0 Å². The summed E-state index contributed by atoms with van der Waals surface area (Å²) in [6.07, 6.45) is 6.65. The number of hydrogen-bond donors (Lipinski definition) is 1. The molecule has 1 heterocycles. The summed E-state index contributed by atoms with van der Waals surface area (Å²) < 4.78 is 2.08. The van der Waals surface area contributed by atoms with Crippen molar-refractivity contribution in [1.82, 2.24) is 9.55 Å². The second-order valence-corrected chi connectivity index (χ2v) is 3.57. The van der Waals surface area contributed by atoms with Crippen LogP contribution in [0.4, 0.5) is 0 Å². The fourth-order valence-corrected chi connectivity index (χ4v) is 1.52. The van der Waals surface area contributed by atoms with Gasteiger partial charge < -0.3 is 10.3 Å². The predicted octanol–water partition coefficient (Wildman–Crippen LogP) is 1.58. The summed E-state index contributed by atoms with van der Waals surface area (Å²) in [5, 5.41) is 0. The van der Waals surface area contributed by atoms with Gasteiger partial charge in [-0.1, -0.05) is 24.3 Å². The van der Waals surface area contributed by atoms with Crippen LogP contribution < -0.4 is 5.73 Å². The molecule has 0 saturated heterocycles. The largest absolute Gasteiger partial charge is 0.337 e. The molecule has 3 heteroatoms. The van der Waals surface area contributed by atoms with E-state index in [4.69, 9.17) is 5.73 Å². The molecule has 0 saturated carbocycles. The third-order valence-electron chi connectivity index (χ3n) is 2.48. The minimum Gasteiger partial charge on any atom is -0.337 e. The van der Waals surface area contributed by atoms with Crippen LogP contribution in [0.2, 0.25) is 0 Å². The standard InChI is InChI=1S/C12H15N3/c13-9-12-3-1-11(2-4-12)5-7-15-8-6-14-10-15/h1-4,6,8,10H,5,7,9,13H2. The molecule has 1 aromatic carbocycles. The highest BCUT2D eigenvalue weighted by atomic mass is 15.0. The number of aryl methyl sites for hydroxylation is 2. The van der Waals surface area contributed by atoms with Gasteiger partial charge in [0.25, 0.3) is 0 Å². The summed E-state index contributed by atoms with van der Waals surface area (Å²) in [6.45, 7) is 1.59. The van der Waals surface area contributed by atoms with E-state index in [0.29, 0.717) is 6.54 Å². The zero-order valence-corrected chi connectivity index (χ0v) is 8.63. The quantitative estimate of drug-likeness (QED) is 0.816. The third kappa shape index (κ3) is 2.67. The Bertz CT molecular complexity index is 389. The van der Waals surface area contributed by atoms with Gasteiger partial charge in [-0.15, -0.1) is 0 Å². The van der Waals surface area contributed by atoms with Crippen molar-refractivity contribution in [1.29, 1.82) is 0 Å². The summed E-state index contributed by atoms with van der Waals surface area (Å²) in [5.41, 5.74) is 8.05. The summed E-state index contributed by atoms with van der Waals surface area (Å²) in [7, 11) is 0. The molecule has 15 heavy (non-hydrogen) atoms. The van der Waals surface area contributed by atoms with E-state index in [2.05, 4.69) is 33.8 Å². The van der Waals surface area contributed by atoms with Gasteiger partial charge in [0.2, 0.25) is 0 Å². The molecule has 0 fully saturated rings. The van der Waals surface area contributed by atoms with Crippen LogP contribution in [-0.2, 0) is 19.5 Å². The lowest BCUT2D eigenvalue weighted by atomic mass is 10.1. The lowest BCUT2D eigenvalue weighted by molar-refractivity contribution is 0.695. The summed E-state index contributed by atoms with van der Waals surface area (Å²) in [4.78, 5) is 4.01. The van der Waals surface area contributed by atoms with Gasteiger partial charge in [0, 0.05) is 25.5 Å². The first-order valence-electron chi connectivity index (χ1n) is 5.12. The molecular formula is C12H15N3. The maximum absolute atomic E-state index is 5.54. The van der Waals surface area contributed by atoms with Gasteiger partial charge in [0.15, 0.2) is 0 Å². The van der Waals surface area contributed by atoms with E-state index in [1.165, 1.54) is 11.1 Å². The molecule has 0 amide bonds. The Morgan fingerprint density at radius 3 is 2.47 bits per heavy atom. The molecule has 0 aliphatic rings. The zero-order chi connectivity index (χ0) is 10.5. The second kappa shape index (κ2) is 4.75. The van der Waals surface area contributed by atoms with Crippen molar-refractivity contribution in [2.24, 2.45) is 5.73 Å². The molecule has 0 aliphatic carbocycles. The number of rotatable bonds is 4. The minimum absolute atomic E-state index is 0.613. The Morgan fingerprint density at radius 2 is 1.87 bits per heavy atom. The molecule has 0 spiro atoms. The highest BCUT2D eigenvalue weighted by molar-refractivity contribution is 5.22. The molecule has 0 atom stereocenters. The summed E-state index contributed by atoms with van der Waals surface area (Å²) >= 11 is 0. The van der Waals surface area contributed by atoms with Gasteiger partial charge in [-0.05, 0) is 17.5 Å².